The predicted molar refractivity (Wildman–Crippen MR) is 83.8 cm³/mol. The molecular weight excluding hydrogens is 298 g/mol. The van der Waals surface area contributed by atoms with E-state index in [-0.39, 0.29) is 11.8 Å². The van der Waals surface area contributed by atoms with Crippen LogP contribution in [0, 0.1) is 0 Å². The minimum atomic E-state index is -0.0230. The number of benzene rings is 1. The first-order valence-corrected chi connectivity index (χ1v) is 7.92. The summed E-state index contributed by atoms with van der Waals surface area (Å²) in [6, 6.07) is 13.6. The third-order valence-corrected chi connectivity index (χ3v) is 4.59. The molecular formula is C16H13N3O2S. The average molecular weight is 311 g/mol. The van der Waals surface area contributed by atoms with E-state index in [1.54, 1.807) is 16.2 Å². The van der Waals surface area contributed by atoms with Gasteiger partial charge in [-0.2, -0.15) is 4.98 Å². The third kappa shape index (κ3) is 2.31. The van der Waals surface area contributed by atoms with Crippen molar-refractivity contribution >= 4 is 22.9 Å². The maximum absolute atomic E-state index is 12.2. The molecule has 3 heterocycles. The summed E-state index contributed by atoms with van der Waals surface area (Å²) >= 11 is 1.56. The van der Waals surface area contributed by atoms with Crippen LogP contribution in [-0.4, -0.2) is 22.6 Å². The van der Waals surface area contributed by atoms with Crippen LogP contribution in [0.3, 0.4) is 0 Å². The molecule has 1 aliphatic rings. The number of aromatic nitrogens is 2. The molecule has 1 atom stereocenters. The van der Waals surface area contributed by atoms with Gasteiger partial charge in [-0.15, -0.1) is 11.3 Å². The normalized spacial score (nSPS) is 18.1. The number of hydrogen-bond acceptors (Lipinski definition) is 5. The highest BCUT2D eigenvalue weighted by molar-refractivity contribution is 7.13. The Labute approximate surface area is 131 Å². The predicted octanol–water partition coefficient (Wildman–Crippen LogP) is 3.32. The second kappa shape index (κ2) is 5.38. The molecule has 1 aromatic carbocycles. The SMILES string of the molecule is O=C1CC(c2noc(-c3cccs3)n2)CN1c1ccccc1. The Bertz CT molecular complexity index is 783. The van der Waals surface area contributed by atoms with E-state index in [0.29, 0.717) is 24.7 Å². The van der Waals surface area contributed by atoms with Gasteiger partial charge in [0, 0.05) is 24.6 Å². The number of anilines is 1. The van der Waals surface area contributed by atoms with E-state index in [2.05, 4.69) is 10.1 Å². The highest BCUT2D eigenvalue weighted by Gasteiger charge is 2.34. The van der Waals surface area contributed by atoms with Gasteiger partial charge in [-0.3, -0.25) is 4.79 Å². The topological polar surface area (TPSA) is 59.2 Å². The Morgan fingerprint density at radius 1 is 1.18 bits per heavy atom. The fourth-order valence-corrected chi connectivity index (χ4v) is 3.28. The molecule has 1 aliphatic heterocycles. The zero-order valence-electron chi connectivity index (χ0n) is 11.7. The van der Waals surface area contributed by atoms with Gasteiger partial charge in [-0.05, 0) is 23.6 Å². The molecule has 1 saturated heterocycles. The van der Waals surface area contributed by atoms with Gasteiger partial charge in [0.25, 0.3) is 5.89 Å². The summed E-state index contributed by atoms with van der Waals surface area (Å²) in [6.07, 6.45) is 0.415. The fraction of sp³-hybridized carbons (Fsp3) is 0.188. The Kier molecular flexibility index (Phi) is 3.23. The summed E-state index contributed by atoms with van der Waals surface area (Å²) < 4.78 is 5.32. The molecule has 4 rings (SSSR count). The molecule has 6 heteroatoms. The summed E-state index contributed by atoms with van der Waals surface area (Å²) in [5, 5.41) is 6.03. The van der Waals surface area contributed by atoms with Crippen LogP contribution in [0.1, 0.15) is 18.2 Å². The lowest BCUT2D eigenvalue weighted by atomic mass is 10.1. The lowest BCUT2D eigenvalue weighted by Crippen LogP contribution is -2.24. The highest BCUT2D eigenvalue weighted by atomic mass is 32.1. The molecule has 0 spiro atoms. The molecule has 22 heavy (non-hydrogen) atoms. The van der Waals surface area contributed by atoms with E-state index in [0.717, 1.165) is 10.6 Å². The first-order chi connectivity index (χ1) is 10.8. The summed E-state index contributed by atoms with van der Waals surface area (Å²) in [5.74, 6) is 1.20. The van der Waals surface area contributed by atoms with Crippen LogP contribution in [0.25, 0.3) is 10.8 Å². The Balaban J connectivity index is 1.56. The van der Waals surface area contributed by atoms with Crippen molar-refractivity contribution in [2.75, 3.05) is 11.4 Å². The Morgan fingerprint density at radius 2 is 2.05 bits per heavy atom. The highest BCUT2D eigenvalue weighted by Crippen LogP contribution is 2.32. The zero-order valence-corrected chi connectivity index (χ0v) is 12.5. The van der Waals surface area contributed by atoms with Crippen LogP contribution in [0.2, 0.25) is 0 Å². The maximum atomic E-state index is 12.2. The third-order valence-electron chi connectivity index (χ3n) is 3.73. The molecule has 0 aliphatic carbocycles. The van der Waals surface area contributed by atoms with E-state index in [4.69, 9.17) is 4.52 Å². The molecule has 0 N–H and O–H groups in total. The monoisotopic (exact) mass is 311 g/mol. The van der Waals surface area contributed by atoms with Crippen molar-refractivity contribution in [2.24, 2.45) is 0 Å². The van der Waals surface area contributed by atoms with Crippen molar-refractivity contribution in [2.45, 2.75) is 12.3 Å². The van der Waals surface area contributed by atoms with Gasteiger partial charge in [0.1, 0.15) is 0 Å². The number of para-hydroxylation sites is 1. The van der Waals surface area contributed by atoms with Gasteiger partial charge in [0.05, 0.1) is 4.88 Å². The van der Waals surface area contributed by atoms with E-state index in [1.807, 2.05) is 47.8 Å². The molecule has 0 radical (unpaired) electrons. The largest absolute Gasteiger partial charge is 0.333 e. The van der Waals surface area contributed by atoms with Crippen molar-refractivity contribution < 1.29 is 9.32 Å². The van der Waals surface area contributed by atoms with Crippen LogP contribution >= 0.6 is 11.3 Å². The van der Waals surface area contributed by atoms with Crippen molar-refractivity contribution in [3.05, 3.63) is 53.7 Å². The van der Waals surface area contributed by atoms with Gasteiger partial charge in [0.2, 0.25) is 5.91 Å². The van der Waals surface area contributed by atoms with Crippen molar-refractivity contribution in [1.82, 2.24) is 10.1 Å². The molecule has 110 valence electrons. The van der Waals surface area contributed by atoms with Gasteiger partial charge in [0.15, 0.2) is 5.82 Å². The number of carbonyl (C=O) groups excluding carboxylic acids is 1. The molecule has 1 unspecified atom stereocenters. The lowest BCUT2D eigenvalue weighted by molar-refractivity contribution is -0.117. The molecule has 1 amide bonds. The zero-order chi connectivity index (χ0) is 14.9. The van der Waals surface area contributed by atoms with Crippen LogP contribution in [0.4, 0.5) is 5.69 Å². The minimum absolute atomic E-state index is 0.0230. The Morgan fingerprint density at radius 3 is 2.82 bits per heavy atom. The molecule has 5 nitrogen and oxygen atoms in total. The number of amides is 1. The number of carbonyl (C=O) groups is 1. The quantitative estimate of drug-likeness (QED) is 0.744. The van der Waals surface area contributed by atoms with Crippen molar-refractivity contribution in [3.8, 4) is 10.8 Å². The van der Waals surface area contributed by atoms with Crippen molar-refractivity contribution in [1.29, 1.82) is 0 Å². The number of rotatable bonds is 3. The Hall–Kier alpha value is -2.47. The lowest BCUT2D eigenvalue weighted by Gasteiger charge is -2.15. The second-order valence-corrected chi connectivity index (χ2v) is 6.12. The summed E-state index contributed by atoms with van der Waals surface area (Å²) in [6.45, 7) is 0.590. The van der Waals surface area contributed by atoms with E-state index >= 15 is 0 Å². The smallest absolute Gasteiger partial charge is 0.267 e. The molecule has 2 aromatic heterocycles. The number of thiophene rings is 1. The van der Waals surface area contributed by atoms with Gasteiger partial charge >= 0.3 is 0 Å². The second-order valence-electron chi connectivity index (χ2n) is 5.18. The van der Waals surface area contributed by atoms with E-state index in [9.17, 15) is 4.79 Å². The first-order valence-electron chi connectivity index (χ1n) is 7.04. The van der Waals surface area contributed by atoms with Gasteiger partial charge < -0.3 is 9.42 Å². The fourth-order valence-electron chi connectivity index (χ4n) is 2.64. The standard InChI is InChI=1S/C16H13N3O2S/c20-14-9-11(10-19(14)12-5-2-1-3-6-12)15-17-16(21-18-15)13-7-4-8-22-13/h1-8,11H,9-10H2. The summed E-state index contributed by atoms with van der Waals surface area (Å²) in [7, 11) is 0. The summed E-state index contributed by atoms with van der Waals surface area (Å²) in [5.41, 5.74) is 0.914. The maximum Gasteiger partial charge on any atom is 0.267 e. The first kappa shape index (κ1) is 13.2. The number of hydrogen-bond donors (Lipinski definition) is 0. The van der Waals surface area contributed by atoms with Gasteiger partial charge in [-0.25, -0.2) is 0 Å². The molecule has 0 bridgehead atoms. The average Bonchev–Trinajstić information content (AvgIpc) is 3.28. The molecule has 1 fully saturated rings. The van der Waals surface area contributed by atoms with E-state index < -0.39 is 0 Å². The van der Waals surface area contributed by atoms with Crippen LogP contribution in [-0.2, 0) is 4.79 Å². The number of nitrogens with zero attached hydrogens (tertiary/aromatic N) is 3. The molecule has 0 saturated carbocycles. The minimum Gasteiger partial charge on any atom is -0.333 e. The van der Waals surface area contributed by atoms with Crippen LogP contribution < -0.4 is 4.90 Å². The van der Waals surface area contributed by atoms with Crippen LogP contribution in [0.5, 0.6) is 0 Å². The molecule has 3 aromatic rings. The summed E-state index contributed by atoms with van der Waals surface area (Å²) in [4.78, 5) is 19.4. The van der Waals surface area contributed by atoms with Gasteiger partial charge in [-0.1, -0.05) is 29.4 Å². The van der Waals surface area contributed by atoms with Crippen LogP contribution in [0.15, 0.2) is 52.4 Å². The van der Waals surface area contributed by atoms with Crippen molar-refractivity contribution in [3.63, 3.8) is 0 Å². The van der Waals surface area contributed by atoms with E-state index in [1.165, 1.54) is 0 Å².